The van der Waals surface area contributed by atoms with Crippen molar-refractivity contribution in [3.63, 3.8) is 0 Å². The van der Waals surface area contributed by atoms with Crippen LogP contribution in [0.5, 0.6) is 0 Å². The van der Waals surface area contributed by atoms with Gasteiger partial charge < -0.3 is 14.9 Å². The summed E-state index contributed by atoms with van der Waals surface area (Å²) in [5.41, 5.74) is 12.7. The molecule has 1 aliphatic rings. The molecule has 0 nitrogen and oxygen atoms in total. The van der Waals surface area contributed by atoms with E-state index in [-0.39, 0.29) is 40.7 Å². The average Bonchev–Trinajstić information content (AvgIpc) is 3.34. The first-order chi connectivity index (χ1) is 14.1. The molecule has 0 saturated heterocycles. The zero-order valence-electron chi connectivity index (χ0n) is 23.4. The Morgan fingerprint density at radius 1 is 0.879 bits per heavy atom. The number of benzene rings is 1. The van der Waals surface area contributed by atoms with E-state index in [4.69, 9.17) is 0 Å². The van der Waals surface area contributed by atoms with E-state index in [1.807, 2.05) is 0 Å². The molecule has 3 aromatic carbocycles. The summed E-state index contributed by atoms with van der Waals surface area (Å²) in [5.74, 6) is 0.735. The van der Waals surface area contributed by atoms with Crippen LogP contribution in [0.4, 0.5) is 0 Å². The Labute approximate surface area is 225 Å². The Balaban J connectivity index is 0.000000681. The number of hydrogen-bond donors (Lipinski definition) is 0. The van der Waals surface area contributed by atoms with E-state index >= 15 is 0 Å². The van der Waals surface area contributed by atoms with Gasteiger partial charge in [-0.2, -0.15) is 33.9 Å². The molecule has 33 heavy (non-hydrogen) atoms. The van der Waals surface area contributed by atoms with Crippen LogP contribution in [0.25, 0.3) is 10.8 Å². The summed E-state index contributed by atoms with van der Waals surface area (Å²) >= 11 is 0. The summed E-state index contributed by atoms with van der Waals surface area (Å²) in [6.45, 7) is 20.3. The fourth-order valence-corrected chi connectivity index (χ4v) is 5.38. The maximum absolute atomic E-state index is 2.51. The Kier molecular flexibility index (Phi) is 12.3. The number of fused-ring (bicyclic) bond motifs is 2. The summed E-state index contributed by atoms with van der Waals surface area (Å²) < 4.78 is 0. The van der Waals surface area contributed by atoms with Gasteiger partial charge in [-0.05, 0) is 31.1 Å². The number of rotatable bonds is 4. The van der Waals surface area contributed by atoms with Crippen LogP contribution in [0.3, 0.4) is 0 Å². The molecule has 0 spiro atoms. The second kappa shape index (κ2) is 12.7. The number of hydrogen-bond acceptors (Lipinski definition) is 0. The van der Waals surface area contributed by atoms with E-state index in [0.717, 1.165) is 5.92 Å². The Bertz CT molecular complexity index is 941. The second-order valence-corrected chi connectivity index (χ2v) is 10.4. The Morgan fingerprint density at radius 2 is 1.36 bits per heavy atom. The van der Waals surface area contributed by atoms with Crippen molar-refractivity contribution < 1.29 is 25.8 Å². The quantitative estimate of drug-likeness (QED) is 0.204. The van der Waals surface area contributed by atoms with Gasteiger partial charge in [0.25, 0.3) is 0 Å². The van der Waals surface area contributed by atoms with E-state index in [9.17, 15) is 0 Å². The van der Waals surface area contributed by atoms with Crippen LogP contribution >= 0.6 is 0 Å². The fraction of sp³-hybridized carbons (Fsp3) is 0.500. The summed E-state index contributed by atoms with van der Waals surface area (Å²) in [4.78, 5) is 0. The zero-order chi connectivity index (χ0) is 22.2. The molecule has 3 aromatic rings. The van der Waals surface area contributed by atoms with Crippen molar-refractivity contribution >= 4 is 10.8 Å². The second-order valence-electron chi connectivity index (χ2n) is 10.4. The molecule has 0 heterocycles. The molecule has 0 unspecified atom stereocenters. The van der Waals surface area contributed by atoms with E-state index < -0.39 is 0 Å². The molecule has 0 radical (unpaired) electrons. The van der Waals surface area contributed by atoms with Gasteiger partial charge >= 0.3 is 25.8 Å². The SMILES string of the molecule is CCC1(CC)Cc2cc3cc[c-](CC(C)C)c3cc2C1.Cc1c(C)c(C)[c-](C)c1C.[CH3-].[CH3-].[Hf+4]. The topological polar surface area (TPSA) is 0 Å². The van der Waals surface area contributed by atoms with Gasteiger partial charge in [0.15, 0.2) is 0 Å². The van der Waals surface area contributed by atoms with Crippen molar-refractivity contribution in [2.75, 3.05) is 0 Å². The van der Waals surface area contributed by atoms with Crippen molar-refractivity contribution in [3.8, 4) is 0 Å². The average molecular weight is 611 g/mol. The largest absolute Gasteiger partial charge is 4.00 e. The molecular weight excluding hydrogens is 563 g/mol. The van der Waals surface area contributed by atoms with Crippen LogP contribution in [0.15, 0.2) is 24.3 Å². The summed E-state index contributed by atoms with van der Waals surface area (Å²) in [6.07, 6.45) is 6.39. The predicted octanol–water partition coefficient (Wildman–Crippen LogP) is 9.51. The predicted molar refractivity (Wildman–Crippen MR) is 147 cm³/mol. The molecule has 0 atom stereocenters. The summed E-state index contributed by atoms with van der Waals surface area (Å²) in [5, 5.41) is 2.97. The van der Waals surface area contributed by atoms with Crippen molar-refractivity contribution in [1.82, 2.24) is 0 Å². The third kappa shape index (κ3) is 6.39. The van der Waals surface area contributed by atoms with Crippen molar-refractivity contribution in [2.45, 2.75) is 94.4 Å². The van der Waals surface area contributed by atoms with Crippen LogP contribution in [-0.2, 0) is 45.1 Å². The minimum Gasteiger partial charge on any atom is -0.358 e. The fourth-order valence-electron chi connectivity index (χ4n) is 5.38. The van der Waals surface area contributed by atoms with E-state index in [1.54, 1.807) is 16.7 Å². The zero-order valence-corrected chi connectivity index (χ0v) is 27.0. The standard InChI is InChI=1S/C20H27.C10H15.2CH3.Hf/c1-5-20(6-2)12-17-10-16-8-7-15(9-14(3)4)19(16)11-18(17)13-20;1-6-7(2)9(4)10(5)8(6)3;;;/h7-8,10-11,14H,5-6,9,12-13H2,1-4H3;1-5H3;2*1H3;/q4*-1;+4. The monoisotopic (exact) mass is 612 g/mol. The van der Waals surface area contributed by atoms with Gasteiger partial charge in [-0.15, -0.1) is 34.5 Å². The molecule has 0 saturated carbocycles. The van der Waals surface area contributed by atoms with Crippen LogP contribution in [0.2, 0.25) is 0 Å². The van der Waals surface area contributed by atoms with Gasteiger partial charge in [0.2, 0.25) is 0 Å². The van der Waals surface area contributed by atoms with Gasteiger partial charge in [0.1, 0.15) is 0 Å². The first-order valence-corrected chi connectivity index (χ1v) is 12.0. The van der Waals surface area contributed by atoms with Crippen LogP contribution in [0.1, 0.15) is 85.0 Å². The molecule has 0 aliphatic heterocycles. The molecule has 0 bridgehead atoms. The van der Waals surface area contributed by atoms with Gasteiger partial charge in [-0.25, -0.2) is 0 Å². The molecule has 0 N–H and O–H groups in total. The van der Waals surface area contributed by atoms with Gasteiger partial charge in [0, 0.05) is 0 Å². The third-order valence-electron chi connectivity index (χ3n) is 8.25. The molecular formula is C32H48Hf. The molecule has 0 fully saturated rings. The molecule has 4 rings (SSSR count). The molecule has 0 aromatic heterocycles. The van der Waals surface area contributed by atoms with Gasteiger partial charge in [0.05, 0.1) is 0 Å². The van der Waals surface area contributed by atoms with Crippen molar-refractivity contribution in [2.24, 2.45) is 11.3 Å². The van der Waals surface area contributed by atoms with Crippen molar-refractivity contribution in [1.29, 1.82) is 0 Å². The molecule has 0 amide bonds. The Morgan fingerprint density at radius 3 is 1.76 bits per heavy atom. The van der Waals surface area contributed by atoms with Crippen LogP contribution in [-0.4, -0.2) is 0 Å². The minimum absolute atomic E-state index is 0. The third-order valence-corrected chi connectivity index (χ3v) is 8.25. The smallest absolute Gasteiger partial charge is 0.358 e. The minimum atomic E-state index is 0. The van der Waals surface area contributed by atoms with E-state index in [0.29, 0.717) is 5.41 Å². The molecule has 1 aliphatic carbocycles. The normalized spacial score (nSPS) is 13.5. The van der Waals surface area contributed by atoms with Crippen molar-refractivity contribution in [3.05, 3.63) is 83.6 Å². The van der Waals surface area contributed by atoms with E-state index in [2.05, 4.69) is 86.6 Å². The maximum Gasteiger partial charge on any atom is 4.00 e. The van der Waals surface area contributed by atoms with Gasteiger partial charge in [-0.3, -0.25) is 0 Å². The van der Waals surface area contributed by atoms with E-state index in [1.165, 1.54) is 70.7 Å². The Hall–Kier alpha value is -0.950. The van der Waals surface area contributed by atoms with Gasteiger partial charge in [-0.1, -0.05) is 85.8 Å². The van der Waals surface area contributed by atoms with Crippen LogP contribution < -0.4 is 0 Å². The van der Waals surface area contributed by atoms with Crippen LogP contribution in [0, 0.1) is 60.8 Å². The summed E-state index contributed by atoms with van der Waals surface area (Å²) in [7, 11) is 0. The first-order valence-electron chi connectivity index (χ1n) is 12.0. The first kappa shape index (κ1) is 32.1. The summed E-state index contributed by atoms with van der Waals surface area (Å²) in [6, 6.07) is 9.65. The molecule has 180 valence electrons. The molecule has 1 heteroatoms. The maximum atomic E-state index is 2.51.